The van der Waals surface area contributed by atoms with E-state index in [2.05, 4.69) is 15.1 Å². The second kappa shape index (κ2) is 4.77. The second-order valence-corrected chi connectivity index (χ2v) is 5.41. The van der Waals surface area contributed by atoms with Crippen molar-refractivity contribution in [2.45, 2.75) is 32.7 Å². The molecular weight excluding hydrogens is 254 g/mol. The molecule has 1 fully saturated rings. The van der Waals surface area contributed by atoms with Gasteiger partial charge in [-0.05, 0) is 26.7 Å². The molecule has 3 rings (SSSR count). The molecule has 1 atom stereocenters. The van der Waals surface area contributed by atoms with Crippen molar-refractivity contribution < 1.29 is 4.79 Å². The highest BCUT2D eigenvalue weighted by Crippen LogP contribution is 2.31. The number of hydrogen-bond acceptors (Lipinski definition) is 3. The van der Waals surface area contributed by atoms with Gasteiger partial charge >= 0.3 is 0 Å². The van der Waals surface area contributed by atoms with E-state index in [9.17, 15) is 4.79 Å². The first-order valence-corrected chi connectivity index (χ1v) is 6.89. The van der Waals surface area contributed by atoms with Gasteiger partial charge in [0.1, 0.15) is 5.82 Å². The zero-order valence-electron chi connectivity index (χ0n) is 12.1. The van der Waals surface area contributed by atoms with E-state index in [-0.39, 0.29) is 11.9 Å². The summed E-state index contributed by atoms with van der Waals surface area (Å²) in [6.07, 6.45) is 5.57. The SMILES string of the molecule is Cc1cnc([C@H]2CCCN2C(=O)c2cn(C)nc2C)[nH]1. The summed E-state index contributed by atoms with van der Waals surface area (Å²) in [6, 6.07) is 0.0517. The molecule has 0 radical (unpaired) electrons. The molecule has 0 spiro atoms. The summed E-state index contributed by atoms with van der Waals surface area (Å²) in [7, 11) is 1.83. The van der Waals surface area contributed by atoms with E-state index in [4.69, 9.17) is 0 Å². The van der Waals surface area contributed by atoms with Crippen molar-refractivity contribution in [3.8, 4) is 0 Å². The summed E-state index contributed by atoms with van der Waals surface area (Å²) < 4.78 is 1.69. The van der Waals surface area contributed by atoms with E-state index in [1.54, 1.807) is 10.9 Å². The van der Waals surface area contributed by atoms with Gasteiger partial charge in [0.05, 0.1) is 17.3 Å². The molecule has 2 aromatic heterocycles. The highest BCUT2D eigenvalue weighted by molar-refractivity contribution is 5.95. The molecule has 2 aromatic rings. The highest BCUT2D eigenvalue weighted by atomic mass is 16.2. The fourth-order valence-corrected chi connectivity index (χ4v) is 2.86. The lowest BCUT2D eigenvalue weighted by atomic mass is 10.2. The van der Waals surface area contributed by atoms with Crippen LogP contribution in [0.15, 0.2) is 12.4 Å². The van der Waals surface area contributed by atoms with Crippen molar-refractivity contribution >= 4 is 5.91 Å². The zero-order valence-corrected chi connectivity index (χ0v) is 12.1. The van der Waals surface area contributed by atoms with E-state index in [1.165, 1.54) is 0 Å². The Hall–Kier alpha value is -2.11. The largest absolute Gasteiger partial charge is 0.344 e. The zero-order chi connectivity index (χ0) is 14.3. The number of rotatable bonds is 2. The van der Waals surface area contributed by atoms with Crippen LogP contribution in [0.5, 0.6) is 0 Å². The summed E-state index contributed by atoms with van der Waals surface area (Å²) in [5, 5.41) is 4.25. The first kappa shape index (κ1) is 12.9. The van der Waals surface area contributed by atoms with Crippen molar-refractivity contribution in [2.24, 2.45) is 7.05 Å². The van der Waals surface area contributed by atoms with Gasteiger partial charge in [-0.3, -0.25) is 9.48 Å². The molecule has 1 aliphatic heterocycles. The average molecular weight is 273 g/mol. The molecule has 0 unspecified atom stereocenters. The monoisotopic (exact) mass is 273 g/mol. The van der Waals surface area contributed by atoms with Crippen molar-refractivity contribution in [1.82, 2.24) is 24.6 Å². The molecule has 0 aliphatic carbocycles. The van der Waals surface area contributed by atoms with Gasteiger partial charge in [0, 0.05) is 31.7 Å². The van der Waals surface area contributed by atoms with Crippen molar-refractivity contribution in [3.05, 3.63) is 35.2 Å². The summed E-state index contributed by atoms with van der Waals surface area (Å²) in [4.78, 5) is 22.2. The molecule has 20 heavy (non-hydrogen) atoms. The first-order chi connectivity index (χ1) is 9.56. The maximum Gasteiger partial charge on any atom is 0.257 e. The van der Waals surface area contributed by atoms with Crippen LogP contribution in [-0.4, -0.2) is 37.1 Å². The smallest absolute Gasteiger partial charge is 0.257 e. The topological polar surface area (TPSA) is 66.8 Å². The number of carbonyl (C=O) groups is 1. The van der Waals surface area contributed by atoms with Crippen LogP contribution in [0, 0.1) is 13.8 Å². The van der Waals surface area contributed by atoms with E-state index in [1.807, 2.05) is 32.0 Å². The number of hydrogen-bond donors (Lipinski definition) is 1. The van der Waals surface area contributed by atoms with Crippen LogP contribution in [0.3, 0.4) is 0 Å². The molecule has 0 saturated carbocycles. The van der Waals surface area contributed by atoms with Crippen LogP contribution in [0.1, 0.15) is 46.5 Å². The number of aromatic amines is 1. The number of nitrogens with one attached hydrogen (secondary N) is 1. The van der Waals surface area contributed by atoms with Gasteiger partial charge in [0.15, 0.2) is 0 Å². The molecule has 1 saturated heterocycles. The standard InChI is InChI=1S/C14H19N5O/c1-9-7-15-13(16-9)12-5-4-6-19(12)14(20)11-8-18(3)17-10(11)2/h7-8,12H,4-6H2,1-3H3,(H,15,16)/t12-/m1/s1. The molecular formula is C14H19N5O. The van der Waals surface area contributed by atoms with Crippen LogP contribution in [0.25, 0.3) is 0 Å². The number of aryl methyl sites for hydroxylation is 3. The minimum atomic E-state index is 0.0483. The lowest BCUT2D eigenvalue weighted by molar-refractivity contribution is 0.0729. The molecule has 6 heteroatoms. The maximum absolute atomic E-state index is 12.7. The van der Waals surface area contributed by atoms with Crippen LogP contribution in [-0.2, 0) is 7.05 Å². The number of H-pyrrole nitrogens is 1. The van der Waals surface area contributed by atoms with Crippen LogP contribution >= 0.6 is 0 Å². The summed E-state index contributed by atoms with van der Waals surface area (Å²) in [5.41, 5.74) is 2.48. The average Bonchev–Trinajstić information content (AvgIpc) is 3.08. The van der Waals surface area contributed by atoms with Gasteiger partial charge < -0.3 is 9.88 Å². The van der Waals surface area contributed by atoms with E-state index in [0.29, 0.717) is 5.56 Å². The van der Waals surface area contributed by atoms with Crippen LogP contribution in [0.2, 0.25) is 0 Å². The van der Waals surface area contributed by atoms with Crippen molar-refractivity contribution in [2.75, 3.05) is 6.54 Å². The van der Waals surface area contributed by atoms with Crippen molar-refractivity contribution in [3.63, 3.8) is 0 Å². The van der Waals surface area contributed by atoms with Gasteiger partial charge in [-0.1, -0.05) is 0 Å². The highest BCUT2D eigenvalue weighted by Gasteiger charge is 2.33. The predicted molar refractivity (Wildman–Crippen MR) is 74.3 cm³/mol. The number of likely N-dealkylation sites (tertiary alicyclic amines) is 1. The summed E-state index contributed by atoms with van der Waals surface area (Å²) >= 11 is 0. The van der Waals surface area contributed by atoms with Gasteiger partial charge in [-0.15, -0.1) is 0 Å². The fourth-order valence-electron chi connectivity index (χ4n) is 2.86. The molecule has 106 valence electrons. The van der Waals surface area contributed by atoms with Gasteiger partial charge in [0.25, 0.3) is 5.91 Å². The number of nitrogens with zero attached hydrogens (tertiary/aromatic N) is 4. The van der Waals surface area contributed by atoms with Crippen molar-refractivity contribution in [1.29, 1.82) is 0 Å². The van der Waals surface area contributed by atoms with E-state index >= 15 is 0 Å². The Bertz CT molecular complexity index is 642. The summed E-state index contributed by atoms with van der Waals surface area (Å²) in [5.74, 6) is 0.932. The molecule has 1 amide bonds. The first-order valence-electron chi connectivity index (χ1n) is 6.89. The van der Waals surface area contributed by atoms with Gasteiger partial charge in [-0.25, -0.2) is 4.98 Å². The fraction of sp³-hybridized carbons (Fsp3) is 0.500. The predicted octanol–water partition coefficient (Wildman–Crippen LogP) is 1.74. The van der Waals surface area contributed by atoms with Crippen LogP contribution < -0.4 is 0 Å². The Morgan fingerprint density at radius 3 is 2.85 bits per heavy atom. The quantitative estimate of drug-likeness (QED) is 0.906. The summed E-state index contributed by atoms with van der Waals surface area (Å²) in [6.45, 7) is 4.62. The molecule has 6 nitrogen and oxygen atoms in total. The van der Waals surface area contributed by atoms with Crippen LogP contribution in [0.4, 0.5) is 0 Å². The lowest BCUT2D eigenvalue weighted by Crippen LogP contribution is -2.31. The normalized spacial score (nSPS) is 18.8. The van der Waals surface area contributed by atoms with E-state index < -0.39 is 0 Å². The third-order valence-electron chi connectivity index (χ3n) is 3.80. The molecule has 1 aliphatic rings. The minimum absolute atomic E-state index is 0.0483. The number of amides is 1. The number of carbonyl (C=O) groups excluding carboxylic acids is 1. The second-order valence-electron chi connectivity index (χ2n) is 5.41. The molecule has 0 aromatic carbocycles. The molecule has 0 bridgehead atoms. The molecule has 3 heterocycles. The Balaban J connectivity index is 1.89. The third-order valence-corrected chi connectivity index (χ3v) is 3.80. The Kier molecular flexibility index (Phi) is 3.08. The van der Waals surface area contributed by atoms with E-state index in [0.717, 1.165) is 36.6 Å². The molecule has 1 N–H and O–H groups in total. The third kappa shape index (κ3) is 2.11. The Morgan fingerprint density at radius 1 is 1.45 bits per heavy atom. The number of imidazole rings is 1. The Morgan fingerprint density at radius 2 is 2.25 bits per heavy atom. The van der Waals surface area contributed by atoms with Gasteiger partial charge in [0.2, 0.25) is 0 Å². The minimum Gasteiger partial charge on any atom is -0.344 e. The maximum atomic E-state index is 12.7. The Labute approximate surface area is 117 Å². The number of aromatic nitrogens is 4. The van der Waals surface area contributed by atoms with Gasteiger partial charge in [-0.2, -0.15) is 5.10 Å². The lowest BCUT2D eigenvalue weighted by Gasteiger charge is -2.22.